The van der Waals surface area contributed by atoms with E-state index in [9.17, 15) is 22.4 Å². The third-order valence-electron chi connectivity index (χ3n) is 7.69. The smallest absolute Gasteiger partial charge is 0.430 e. The molecule has 1 aromatic carbocycles. The highest BCUT2D eigenvalue weighted by molar-refractivity contribution is 7.07. The van der Waals surface area contributed by atoms with Crippen LogP contribution in [-0.4, -0.2) is 48.2 Å². The Morgan fingerprint density at radius 2 is 1.97 bits per heavy atom. The van der Waals surface area contributed by atoms with Crippen LogP contribution in [-0.2, 0) is 11.3 Å². The molecule has 7 nitrogen and oxygen atoms in total. The van der Waals surface area contributed by atoms with Crippen molar-refractivity contribution in [2.45, 2.75) is 82.2 Å². The number of aliphatic carboxylic acids is 1. The molecule has 2 N–H and O–H groups in total. The SMILES string of the molecule is C[C@H]1C[C@]2(CC[NH+]1Cc1ccsc1)C(=NC1CCCCC1)NC(=O)N2c1cccc(F)c1.O=C([O-])C(F)(F)F. The number of nitrogens with zero attached hydrogens (tertiary/aromatic N) is 2. The Morgan fingerprint density at radius 3 is 2.56 bits per heavy atom. The number of hydrogen-bond acceptors (Lipinski definition) is 5. The summed E-state index contributed by atoms with van der Waals surface area (Å²) in [6, 6.07) is 9.06. The fourth-order valence-electron chi connectivity index (χ4n) is 5.80. The summed E-state index contributed by atoms with van der Waals surface area (Å²) < 4.78 is 45.7. The number of urea groups is 1. The van der Waals surface area contributed by atoms with E-state index in [1.807, 2.05) is 6.07 Å². The lowest BCUT2D eigenvalue weighted by Crippen LogP contribution is -3.16. The van der Waals surface area contributed by atoms with Gasteiger partial charge >= 0.3 is 12.2 Å². The van der Waals surface area contributed by atoms with Crippen LogP contribution in [0.5, 0.6) is 0 Å². The van der Waals surface area contributed by atoms with Gasteiger partial charge in [0.2, 0.25) is 0 Å². The minimum Gasteiger partial charge on any atom is -0.542 e. The first-order valence-electron chi connectivity index (χ1n) is 13.1. The maximum Gasteiger partial charge on any atom is 0.430 e. The molecule has 1 spiro atoms. The number of carboxylic acids is 1. The molecule has 2 aromatic rings. The van der Waals surface area contributed by atoms with Crippen LogP contribution in [0.4, 0.5) is 28.0 Å². The van der Waals surface area contributed by atoms with Crippen molar-refractivity contribution in [1.82, 2.24) is 5.32 Å². The lowest BCUT2D eigenvalue weighted by atomic mass is 9.81. The Bertz CT molecular complexity index is 1180. The number of rotatable bonds is 4. The molecule has 5 rings (SSSR count). The number of piperidine rings is 1. The van der Waals surface area contributed by atoms with Gasteiger partial charge in [-0.15, -0.1) is 0 Å². The minimum absolute atomic E-state index is 0.182. The van der Waals surface area contributed by atoms with Crippen LogP contribution in [0.3, 0.4) is 0 Å². The average molecular weight is 569 g/mol. The summed E-state index contributed by atoms with van der Waals surface area (Å²) in [6.45, 7) is 4.21. The molecule has 1 saturated carbocycles. The summed E-state index contributed by atoms with van der Waals surface area (Å²) in [5.41, 5.74) is 1.45. The minimum atomic E-state index is -5.19. The standard InChI is InChI=1S/C25H31FN4OS.C2HF3O2/c1-18-15-25(11-12-29(18)16-19-10-13-32-17-19)23(27-21-7-3-2-4-8-21)28-24(31)30(25)22-9-5-6-20(26)14-22;3-2(4,5)1(6)7/h5-6,9-10,13-14,17-18,21H,2-4,7-8,11-12,15-16H2,1H3,(H,27,28,31);(H,6,7)/t18-,25+;/m0./s1. The van der Waals surface area contributed by atoms with E-state index in [-0.39, 0.29) is 17.9 Å². The summed E-state index contributed by atoms with van der Waals surface area (Å²) in [5.74, 6) is -2.52. The van der Waals surface area contributed by atoms with Gasteiger partial charge in [0, 0.05) is 24.1 Å². The molecule has 1 aliphatic carbocycles. The molecular formula is C27H32F4N4O3S. The number of likely N-dealkylation sites (tertiary alicyclic amines) is 1. The summed E-state index contributed by atoms with van der Waals surface area (Å²) in [7, 11) is 0. The molecule has 212 valence electrons. The predicted octanol–water partition coefficient (Wildman–Crippen LogP) is 3.45. The summed E-state index contributed by atoms with van der Waals surface area (Å²) in [5, 5.41) is 16.3. The molecular weight excluding hydrogens is 536 g/mol. The molecule has 1 unspecified atom stereocenters. The van der Waals surface area contributed by atoms with Gasteiger partial charge < -0.3 is 14.8 Å². The van der Waals surface area contributed by atoms with E-state index in [4.69, 9.17) is 14.9 Å². The number of carbonyl (C=O) groups excluding carboxylic acids is 2. The van der Waals surface area contributed by atoms with Gasteiger partial charge in [0.1, 0.15) is 29.7 Å². The topological polar surface area (TPSA) is 89.3 Å². The first kappa shape index (κ1) is 29.0. The van der Waals surface area contributed by atoms with Crippen LogP contribution >= 0.6 is 11.3 Å². The Labute approximate surface area is 228 Å². The quantitative estimate of drug-likeness (QED) is 0.554. The van der Waals surface area contributed by atoms with Crippen molar-refractivity contribution in [2.24, 2.45) is 4.99 Å². The van der Waals surface area contributed by atoms with E-state index in [1.54, 1.807) is 22.3 Å². The van der Waals surface area contributed by atoms with E-state index >= 15 is 0 Å². The van der Waals surface area contributed by atoms with E-state index in [0.717, 1.165) is 44.6 Å². The Kier molecular flexibility index (Phi) is 8.95. The van der Waals surface area contributed by atoms with Crippen molar-refractivity contribution < 1.29 is 37.2 Å². The number of aliphatic imine (C=N–C) groups is 1. The van der Waals surface area contributed by atoms with Gasteiger partial charge in [0.05, 0.1) is 18.6 Å². The largest absolute Gasteiger partial charge is 0.542 e. The lowest BCUT2D eigenvalue weighted by molar-refractivity contribution is -0.942. The van der Waals surface area contributed by atoms with Crippen molar-refractivity contribution in [3.8, 4) is 0 Å². The highest BCUT2D eigenvalue weighted by Gasteiger charge is 2.56. The molecule has 1 aromatic heterocycles. The van der Waals surface area contributed by atoms with Gasteiger partial charge in [0.25, 0.3) is 0 Å². The number of amides is 2. The van der Waals surface area contributed by atoms with Crippen LogP contribution < -0.4 is 20.2 Å². The van der Waals surface area contributed by atoms with Crippen molar-refractivity contribution in [2.75, 3.05) is 11.4 Å². The molecule has 39 heavy (non-hydrogen) atoms. The van der Waals surface area contributed by atoms with E-state index in [2.05, 4.69) is 29.1 Å². The first-order valence-corrected chi connectivity index (χ1v) is 14.0. The van der Waals surface area contributed by atoms with Gasteiger partial charge in [-0.3, -0.25) is 15.2 Å². The molecule has 3 heterocycles. The number of benzene rings is 1. The number of alkyl halides is 3. The maximum absolute atomic E-state index is 14.1. The number of halogens is 4. The Morgan fingerprint density at radius 1 is 1.26 bits per heavy atom. The number of anilines is 1. The fourth-order valence-corrected chi connectivity index (χ4v) is 6.47. The fraction of sp³-hybridized carbons (Fsp3) is 0.519. The number of carbonyl (C=O) groups is 2. The summed E-state index contributed by atoms with van der Waals surface area (Å²) >= 11 is 1.74. The number of thiophene rings is 1. The van der Waals surface area contributed by atoms with E-state index < -0.39 is 17.7 Å². The maximum atomic E-state index is 14.1. The molecule has 3 aliphatic rings. The zero-order valence-corrected chi connectivity index (χ0v) is 22.4. The normalized spacial score (nSPS) is 26.8. The molecule has 3 atom stereocenters. The zero-order chi connectivity index (χ0) is 28.2. The summed E-state index contributed by atoms with van der Waals surface area (Å²) in [4.78, 5) is 30.5. The molecule has 3 fully saturated rings. The van der Waals surface area contributed by atoms with Crippen molar-refractivity contribution in [3.05, 3.63) is 52.5 Å². The van der Waals surface area contributed by atoms with Crippen LogP contribution in [0.25, 0.3) is 0 Å². The van der Waals surface area contributed by atoms with E-state index in [1.165, 1.54) is 41.9 Å². The average Bonchev–Trinajstić information content (AvgIpc) is 3.47. The highest BCUT2D eigenvalue weighted by Crippen LogP contribution is 2.38. The van der Waals surface area contributed by atoms with Crippen LogP contribution in [0.1, 0.15) is 57.4 Å². The van der Waals surface area contributed by atoms with Gasteiger partial charge in [-0.05, 0) is 54.8 Å². The molecule has 2 aliphatic heterocycles. The predicted molar refractivity (Wildman–Crippen MR) is 138 cm³/mol. The molecule has 0 radical (unpaired) electrons. The van der Waals surface area contributed by atoms with Crippen LogP contribution in [0.15, 0.2) is 46.1 Å². The molecule has 0 bridgehead atoms. The lowest BCUT2D eigenvalue weighted by Gasteiger charge is -2.45. The number of nitrogens with one attached hydrogen (secondary N) is 2. The van der Waals surface area contributed by atoms with Gasteiger partial charge in [0.15, 0.2) is 0 Å². The third-order valence-corrected chi connectivity index (χ3v) is 8.43. The molecule has 2 saturated heterocycles. The van der Waals surface area contributed by atoms with Crippen LogP contribution in [0, 0.1) is 5.82 Å². The second-order valence-corrected chi connectivity index (χ2v) is 11.2. The summed E-state index contributed by atoms with van der Waals surface area (Å²) in [6.07, 6.45) is 2.27. The first-order chi connectivity index (χ1) is 18.5. The Hall–Kier alpha value is -2.99. The second kappa shape index (κ2) is 12.0. The van der Waals surface area contributed by atoms with Gasteiger partial charge in [-0.25, -0.2) is 9.18 Å². The molecule has 2 amide bonds. The van der Waals surface area contributed by atoms with Gasteiger partial charge in [-0.2, -0.15) is 24.5 Å². The van der Waals surface area contributed by atoms with Crippen molar-refractivity contribution in [3.63, 3.8) is 0 Å². The number of hydrogen-bond donors (Lipinski definition) is 2. The Balaban J connectivity index is 0.000000448. The van der Waals surface area contributed by atoms with Crippen molar-refractivity contribution in [1.29, 1.82) is 0 Å². The van der Waals surface area contributed by atoms with Crippen molar-refractivity contribution >= 4 is 34.9 Å². The monoisotopic (exact) mass is 568 g/mol. The molecule has 12 heteroatoms. The number of amidine groups is 1. The second-order valence-electron chi connectivity index (χ2n) is 10.4. The third kappa shape index (κ3) is 6.78. The zero-order valence-electron chi connectivity index (χ0n) is 21.6. The van der Waals surface area contributed by atoms with Gasteiger partial charge in [-0.1, -0.05) is 25.3 Å². The van der Waals surface area contributed by atoms with Crippen LogP contribution in [0.2, 0.25) is 0 Å². The highest BCUT2D eigenvalue weighted by atomic mass is 32.1. The number of quaternary nitrogens is 1. The van der Waals surface area contributed by atoms with E-state index in [0.29, 0.717) is 11.7 Å². The number of carboxylic acid groups (broad SMARTS) is 1.